The van der Waals surface area contributed by atoms with Crippen LogP contribution in [-0.2, 0) is 0 Å². The summed E-state index contributed by atoms with van der Waals surface area (Å²) in [4.78, 5) is 11.3. The van der Waals surface area contributed by atoms with Gasteiger partial charge in [-0.05, 0) is 6.07 Å². The molecule has 4 nitrogen and oxygen atoms in total. The van der Waals surface area contributed by atoms with E-state index in [9.17, 15) is 4.79 Å². The summed E-state index contributed by atoms with van der Waals surface area (Å²) >= 11 is 0. The van der Waals surface area contributed by atoms with Gasteiger partial charge in [0.1, 0.15) is 5.58 Å². The Morgan fingerprint density at radius 2 is 1.94 bits per heavy atom. The van der Waals surface area contributed by atoms with E-state index in [1.165, 1.54) is 13.2 Å². The van der Waals surface area contributed by atoms with E-state index in [1.807, 2.05) is 24.3 Å². The van der Waals surface area contributed by atoms with Gasteiger partial charge >= 0.3 is 11.6 Å². The van der Waals surface area contributed by atoms with Gasteiger partial charge in [-0.2, -0.15) is 0 Å². The van der Waals surface area contributed by atoms with Gasteiger partial charge in [-0.15, -0.1) is 0 Å². The van der Waals surface area contributed by atoms with Gasteiger partial charge in [0.15, 0.2) is 0 Å². The zero-order chi connectivity index (χ0) is 11.1. The van der Waals surface area contributed by atoms with Crippen LogP contribution in [0.4, 0.5) is 0 Å². The van der Waals surface area contributed by atoms with Crippen molar-refractivity contribution in [3.8, 4) is 5.95 Å². The minimum absolute atomic E-state index is 0.110. The Kier molecular flexibility index (Phi) is 1.77. The third-order valence-corrected chi connectivity index (χ3v) is 2.46. The van der Waals surface area contributed by atoms with E-state index < -0.39 is 5.63 Å². The van der Waals surface area contributed by atoms with Crippen LogP contribution in [0.1, 0.15) is 0 Å². The molecule has 2 heterocycles. The van der Waals surface area contributed by atoms with Crippen molar-refractivity contribution < 1.29 is 13.6 Å². The maximum Gasteiger partial charge on any atom is 0.339 e. The molecule has 0 aliphatic rings. The van der Waals surface area contributed by atoms with Gasteiger partial charge in [0.25, 0.3) is 0 Å². The Labute approximate surface area is 90.0 Å². The molecule has 0 aliphatic heterocycles. The quantitative estimate of drug-likeness (QED) is 0.627. The summed E-state index contributed by atoms with van der Waals surface area (Å²) in [5.74, 6) is 0.110. The predicted octanol–water partition coefficient (Wildman–Crippen LogP) is 2.55. The highest BCUT2D eigenvalue weighted by Crippen LogP contribution is 2.32. The highest BCUT2D eigenvalue weighted by Gasteiger charge is 2.14. The van der Waals surface area contributed by atoms with Crippen molar-refractivity contribution >= 4 is 21.9 Å². The molecular weight excluding hydrogens is 208 g/mol. The van der Waals surface area contributed by atoms with E-state index in [2.05, 4.69) is 0 Å². The van der Waals surface area contributed by atoms with Crippen LogP contribution in [-0.4, -0.2) is 7.11 Å². The number of hydrogen-bond donors (Lipinski definition) is 0. The van der Waals surface area contributed by atoms with Crippen LogP contribution in [0.3, 0.4) is 0 Å². The van der Waals surface area contributed by atoms with Crippen LogP contribution in [0, 0.1) is 0 Å². The normalized spacial score (nSPS) is 11.1. The molecular formula is C12H8O4. The fourth-order valence-electron chi connectivity index (χ4n) is 1.78. The Bertz CT molecular complexity index is 721. The molecule has 0 aliphatic carbocycles. The third kappa shape index (κ3) is 1.13. The minimum Gasteiger partial charge on any atom is -0.466 e. The van der Waals surface area contributed by atoms with Crippen molar-refractivity contribution in [1.29, 1.82) is 0 Å². The summed E-state index contributed by atoms with van der Waals surface area (Å²) in [6, 6.07) is 8.88. The molecule has 0 N–H and O–H groups in total. The summed E-state index contributed by atoms with van der Waals surface area (Å²) in [7, 11) is 1.44. The van der Waals surface area contributed by atoms with Gasteiger partial charge in [-0.3, -0.25) is 0 Å². The van der Waals surface area contributed by atoms with Gasteiger partial charge < -0.3 is 13.6 Å². The Morgan fingerprint density at radius 3 is 2.75 bits per heavy atom. The predicted molar refractivity (Wildman–Crippen MR) is 58.8 cm³/mol. The Balaban J connectivity index is 2.59. The first-order valence-corrected chi connectivity index (χ1v) is 4.79. The molecule has 0 radical (unpaired) electrons. The van der Waals surface area contributed by atoms with Crippen LogP contribution in [0.2, 0.25) is 0 Å². The number of para-hydroxylation sites is 1. The van der Waals surface area contributed by atoms with E-state index in [0.717, 1.165) is 5.39 Å². The first kappa shape index (κ1) is 9.03. The number of methoxy groups -OCH3 is 1. The average Bonchev–Trinajstić information content (AvgIpc) is 2.67. The summed E-state index contributed by atoms with van der Waals surface area (Å²) in [6.45, 7) is 0. The smallest absolute Gasteiger partial charge is 0.339 e. The molecule has 3 rings (SSSR count). The van der Waals surface area contributed by atoms with Crippen molar-refractivity contribution in [2.45, 2.75) is 0 Å². The molecule has 0 amide bonds. The first-order chi connectivity index (χ1) is 7.79. The first-order valence-electron chi connectivity index (χ1n) is 4.79. The fourth-order valence-corrected chi connectivity index (χ4v) is 1.78. The molecule has 0 spiro atoms. The molecule has 0 unspecified atom stereocenters. The van der Waals surface area contributed by atoms with Gasteiger partial charge in [0, 0.05) is 16.8 Å². The highest BCUT2D eigenvalue weighted by atomic mass is 16.6. The van der Waals surface area contributed by atoms with Gasteiger partial charge in [-0.25, -0.2) is 4.79 Å². The molecule has 80 valence electrons. The van der Waals surface area contributed by atoms with Crippen LogP contribution in [0.25, 0.3) is 21.9 Å². The van der Waals surface area contributed by atoms with Crippen LogP contribution in [0.5, 0.6) is 5.95 Å². The largest absolute Gasteiger partial charge is 0.466 e. The second-order valence-electron chi connectivity index (χ2n) is 3.40. The average molecular weight is 216 g/mol. The molecule has 2 aromatic heterocycles. The van der Waals surface area contributed by atoms with Crippen LogP contribution < -0.4 is 10.4 Å². The number of hydrogen-bond acceptors (Lipinski definition) is 4. The fraction of sp³-hybridized carbons (Fsp3) is 0.0833. The zero-order valence-electron chi connectivity index (χ0n) is 8.52. The summed E-state index contributed by atoms with van der Waals surface area (Å²) in [6.07, 6.45) is 0. The van der Waals surface area contributed by atoms with E-state index in [1.54, 1.807) is 0 Å². The molecule has 0 bridgehead atoms. The van der Waals surface area contributed by atoms with Gasteiger partial charge in [0.2, 0.25) is 5.58 Å². The van der Waals surface area contributed by atoms with Crippen molar-refractivity contribution in [3.05, 3.63) is 40.8 Å². The molecule has 1 aromatic carbocycles. The molecule has 0 saturated carbocycles. The molecule has 0 atom stereocenters. The molecule has 0 fully saturated rings. The zero-order valence-corrected chi connectivity index (χ0v) is 8.52. The maximum atomic E-state index is 11.3. The lowest BCUT2D eigenvalue weighted by atomic mass is 10.2. The van der Waals surface area contributed by atoms with Crippen LogP contribution in [0.15, 0.2) is 44.0 Å². The molecule has 4 heteroatoms. The summed E-state index contributed by atoms with van der Waals surface area (Å²) in [5.41, 5.74) is 0.718. The molecule has 16 heavy (non-hydrogen) atoms. The highest BCUT2D eigenvalue weighted by molar-refractivity contribution is 6.05. The molecule has 0 saturated heterocycles. The monoisotopic (exact) mass is 216 g/mol. The number of fused-ring (bicyclic) bond motifs is 3. The van der Waals surface area contributed by atoms with E-state index >= 15 is 0 Å². The molecule has 3 aromatic rings. The summed E-state index contributed by atoms with van der Waals surface area (Å²) in [5, 5.41) is 1.59. The lowest BCUT2D eigenvalue weighted by Gasteiger charge is -1.96. The number of ether oxygens (including phenoxy) is 1. The third-order valence-electron chi connectivity index (χ3n) is 2.46. The van der Waals surface area contributed by atoms with Crippen molar-refractivity contribution in [1.82, 2.24) is 0 Å². The lowest BCUT2D eigenvalue weighted by molar-refractivity contribution is 0.287. The number of furan rings is 1. The number of rotatable bonds is 1. The van der Waals surface area contributed by atoms with Crippen molar-refractivity contribution in [2.24, 2.45) is 0 Å². The number of benzene rings is 1. The van der Waals surface area contributed by atoms with E-state index in [-0.39, 0.29) is 5.95 Å². The van der Waals surface area contributed by atoms with Crippen LogP contribution >= 0.6 is 0 Å². The topological polar surface area (TPSA) is 52.6 Å². The van der Waals surface area contributed by atoms with E-state index in [4.69, 9.17) is 13.6 Å². The lowest BCUT2D eigenvalue weighted by Crippen LogP contribution is -1.97. The van der Waals surface area contributed by atoms with Gasteiger partial charge in [-0.1, -0.05) is 18.2 Å². The van der Waals surface area contributed by atoms with Gasteiger partial charge in [0.05, 0.1) is 7.11 Å². The SMILES string of the molecule is COc1oc(=O)cc2c1oc1ccccc12. The Morgan fingerprint density at radius 1 is 1.12 bits per heavy atom. The maximum absolute atomic E-state index is 11.3. The second kappa shape index (κ2) is 3.13. The Hall–Kier alpha value is -2.23. The second-order valence-corrected chi connectivity index (χ2v) is 3.40. The summed E-state index contributed by atoms with van der Waals surface area (Å²) < 4.78 is 15.4. The standard InChI is InChI=1S/C12H8O4/c1-14-12-11-8(6-10(13)16-12)7-4-2-3-5-9(7)15-11/h2-6H,1H3. The van der Waals surface area contributed by atoms with Crippen molar-refractivity contribution in [2.75, 3.05) is 7.11 Å². The van der Waals surface area contributed by atoms with E-state index in [0.29, 0.717) is 16.6 Å². The minimum atomic E-state index is -0.448. The van der Waals surface area contributed by atoms with Crippen molar-refractivity contribution in [3.63, 3.8) is 0 Å².